The Morgan fingerprint density at radius 2 is 2.00 bits per heavy atom. The second-order valence-corrected chi connectivity index (χ2v) is 6.16. The fourth-order valence-electron chi connectivity index (χ4n) is 1.75. The van der Waals surface area contributed by atoms with Crippen LogP contribution in [0.2, 0.25) is 0 Å². The fourth-order valence-corrected chi connectivity index (χ4v) is 2.59. The zero-order chi connectivity index (χ0) is 17.0. The van der Waals surface area contributed by atoms with Crippen LogP contribution in [0.5, 0.6) is 5.75 Å². The molecule has 0 bridgehead atoms. The first-order valence-corrected chi connectivity index (χ1v) is 7.81. The minimum absolute atomic E-state index is 0.0439. The highest BCUT2D eigenvalue weighted by Gasteiger charge is 2.19. The first-order chi connectivity index (χ1) is 10.9. The number of ketones is 1. The number of benzene rings is 1. The fraction of sp³-hybridized carbons (Fsp3) is 0.125. The van der Waals surface area contributed by atoms with E-state index in [9.17, 15) is 9.59 Å². The third-order valence-corrected chi connectivity index (χ3v) is 3.73. The number of aryl methyl sites for hydroxylation is 1. The van der Waals surface area contributed by atoms with Crippen molar-refractivity contribution in [2.24, 2.45) is 5.84 Å². The molecule has 2 N–H and O–H groups in total. The van der Waals surface area contributed by atoms with Gasteiger partial charge in [0.2, 0.25) is 5.78 Å². The van der Waals surface area contributed by atoms with Gasteiger partial charge < -0.3 is 4.74 Å². The van der Waals surface area contributed by atoms with Gasteiger partial charge in [-0.3, -0.25) is 14.6 Å². The molecule has 0 aromatic heterocycles. The Balaban J connectivity index is 2.00. The number of Topliss-reactive ketones (excluding diaryl/α,β-unsaturated/α-hetero) is 1. The first kappa shape index (κ1) is 17.5. The molecular weight excluding hydrogens is 384 g/mol. The third kappa shape index (κ3) is 4.79. The summed E-state index contributed by atoms with van der Waals surface area (Å²) in [6, 6.07) is 7.27. The van der Waals surface area contributed by atoms with Crippen LogP contribution in [0.25, 0.3) is 0 Å². The number of nitrogens with two attached hydrogens (primary N) is 1. The van der Waals surface area contributed by atoms with Crippen LogP contribution in [0.15, 0.2) is 57.7 Å². The van der Waals surface area contributed by atoms with Gasteiger partial charge in [-0.1, -0.05) is 45.2 Å². The third-order valence-electron chi connectivity index (χ3n) is 2.99. The quantitative estimate of drug-likeness (QED) is 0.367. The van der Waals surface area contributed by atoms with Gasteiger partial charge in [0.15, 0.2) is 6.61 Å². The summed E-state index contributed by atoms with van der Waals surface area (Å²) in [5.41, 5.74) is 1.29. The Morgan fingerprint density at radius 1 is 1.35 bits per heavy atom. The van der Waals surface area contributed by atoms with Crippen LogP contribution in [0.4, 0.5) is 0 Å². The molecule has 1 aliphatic rings. The highest BCUT2D eigenvalue weighted by atomic mass is 79.9. The van der Waals surface area contributed by atoms with Crippen molar-refractivity contribution in [1.82, 2.24) is 5.01 Å². The maximum Gasteiger partial charge on any atom is 0.278 e. The monoisotopic (exact) mass is 396 g/mol. The molecule has 0 saturated heterocycles. The van der Waals surface area contributed by atoms with Crippen LogP contribution in [0.1, 0.15) is 5.56 Å². The maximum absolute atomic E-state index is 12.0. The Labute approximate surface area is 147 Å². The second kappa shape index (κ2) is 7.59. The molecule has 0 fully saturated rings. The van der Waals surface area contributed by atoms with Gasteiger partial charge in [0.25, 0.3) is 5.91 Å². The standard InChI is InChI=1S/C16H14BrClN2O3/c1-10-2-4-13(5-3-10)23-9-15(21)20(19)8-11-6-12(17)7-14(18)16(11)22/h2-8H,9,19H2,1H3/b11-8+. The van der Waals surface area contributed by atoms with Crippen molar-refractivity contribution in [3.8, 4) is 5.75 Å². The number of amides is 1. The maximum atomic E-state index is 12.0. The summed E-state index contributed by atoms with van der Waals surface area (Å²) in [5.74, 6) is 5.32. The van der Waals surface area contributed by atoms with Crippen LogP contribution in [0, 0.1) is 6.92 Å². The Kier molecular flexibility index (Phi) is 5.76. The molecule has 1 aromatic carbocycles. The predicted octanol–water partition coefficient (Wildman–Crippen LogP) is 2.94. The first-order valence-electron chi connectivity index (χ1n) is 6.64. The molecule has 1 amide bonds. The molecule has 0 saturated carbocycles. The molecular formula is C16H14BrClN2O3. The lowest BCUT2D eigenvalue weighted by Gasteiger charge is -2.15. The highest BCUT2D eigenvalue weighted by molar-refractivity contribution is 9.11. The average molecular weight is 398 g/mol. The average Bonchev–Trinajstić information content (AvgIpc) is 2.51. The topological polar surface area (TPSA) is 72.6 Å². The number of rotatable bonds is 4. The lowest BCUT2D eigenvalue weighted by atomic mass is 10.1. The van der Waals surface area contributed by atoms with E-state index in [1.807, 2.05) is 19.1 Å². The molecule has 5 nitrogen and oxygen atoms in total. The van der Waals surface area contributed by atoms with Crippen molar-refractivity contribution < 1.29 is 14.3 Å². The number of nitrogens with zero attached hydrogens (tertiary/aromatic N) is 1. The number of hydrogen-bond acceptors (Lipinski definition) is 4. The van der Waals surface area contributed by atoms with E-state index < -0.39 is 11.7 Å². The molecule has 0 heterocycles. The molecule has 7 heteroatoms. The lowest BCUT2D eigenvalue weighted by molar-refractivity contribution is -0.131. The molecule has 23 heavy (non-hydrogen) atoms. The molecule has 0 radical (unpaired) electrons. The van der Waals surface area contributed by atoms with Gasteiger partial charge in [-0.2, -0.15) is 0 Å². The summed E-state index contributed by atoms with van der Waals surface area (Å²) in [5, 5.41) is 0.857. The van der Waals surface area contributed by atoms with Crippen LogP contribution < -0.4 is 10.6 Å². The van der Waals surface area contributed by atoms with Crippen molar-refractivity contribution in [1.29, 1.82) is 0 Å². The minimum atomic E-state index is -0.499. The second-order valence-electron chi connectivity index (χ2n) is 4.84. The molecule has 1 aromatic rings. The van der Waals surface area contributed by atoms with Crippen molar-refractivity contribution >= 4 is 39.2 Å². The zero-order valence-electron chi connectivity index (χ0n) is 12.3. The molecule has 0 aliphatic heterocycles. The van der Waals surface area contributed by atoms with Gasteiger partial charge in [-0.05, 0) is 31.2 Å². The van der Waals surface area contributed by atoms with E-state index in [1.165, 1.54) is 18.4 Å². The van der Waals surface area contributed by atoms with Gasteiger partial charge in [-0.15, -0.1) is 0 Å². The summed E-state index contributed by atoms with van der Waals surface area (Å²) >= 11 is 9.03. The van der Waals surface area contributed by atoms with E-state index in [2.05, 4.69) is 15.9 Å². The summed E-state index contributed by atoms with van der Waals surface area (Å²) in [6.45, 7) is 1.71. The smallest absolute Gasteiger partial charge is 0.278 e. The number of hydrogen-bond donors (Lipinski definition) is 1. The van der Waals surface area contributed by atoms with Gasteiger partial charge in [-0.25, -0.2) is 5.84 Å². The molecule has 2 rings (SSSR count). The van der Waals surface area contributed by atoms with Crippen LogP contribution >= 0.6 is 27.5 Å². The van der Waals surface area contributed by atoms with Gasteiger partial charge in [0.1, 0.15) is 5.75 Å². The molecule has 120 valence electrons. The van der Waals surface area contributed by atoms with Crippen LogP contribution in [-0.4, -0.2) is 23.3 Å². The van der Waals surface area contributed by atoms with Crippen LogP contribution in [0.3, 0.4) is 0 Å². The van der Waals surface area contributed by atoms with E-state index in [1.54, 1.807) is 12.1 Å². The molecule has 0 spiro atoms. The van der Waals surface area contributed by atoms with E-state index in [-0.39, 0.29) is 17.2 Å². The van der Waals surface area contributed by atoms with Gasteiger partial charge >= 0.3 is 0 Å². The molecule has 0 unspecified atom stereocenters. The highest BCUT2D eigenvalue weighted by Crippen LogP contribution is 2.24. The van der Waals surface area contributed by atoms with Crippen molar-refractivity contribution in [3.05, 3.63) is 63.3 Å². The SMILES string of the molecule is Cc1ccc(OCC(=O)N(N)/C=C2\C=C(Br)C=C(Cl)C2=O)cc1. The zero-order valence-corrected chi connectivity index (χ0v) is 14.6. The van der Waals surface area contributed by atoms with Gasteiger partial charge in [0, 0.05) is 16.3 Å². The Morgan fingerprint density at radius 3 is 2.65 bits per heavy atom. The number of allylic oxidation sites excluding steroid dienone is 5. The number of halogens is 2. The number of hydrazine groups is 1. The van der Waals surface area contributed by atoms with E-state index in [0.29, 0.717) is 10.2 Å². The summed E-state index contributed by atoms with van der Waals surface area (Å²) in [6.07, 6.45) is 4.23. The van der Waals surface area contributed by atoms with Crippen molar-refractivity contribution in [3.63, 3.8) is 0 Å². The number of carbonyl (C=O) groups excluding carboxylic acids is 2. The van der Waals surface area contributed by atoms with Crippen molar-refractivity contribution in [2.45, 2.75) is 6.92 Å². The largest absolute Gasteiger partial charge is 0.484 e. The Hall–Kier alpha value is -1.89. The summed E-state index contributed by atoms with van der Waals surface area (Å²) in [4.78, 5) is 23.8. The van der Waals surface area contributed by atoms with Crippen molar-refractivity contribution in [2.75, 3.05) is 6.61 Å². The summed E-state index contributed by atoms with van der Waals surface area (Å²) < 4.78 is 5.97. The van der Waals surface area contributed by atoms with Crippen LogP contribution in [-0.2, 0) is 9.59 Å². The Bertz CT molecular complexity index is 723. The normalized spacial score (nSPS) is 16.0. The van der Waals surface area contributed by atoms with Gasteiger partial charge in [0.05, 0.1) is 5.03 Å². The molecule has 1 aliphatic carbocycles. The van der Waals surface area contributed by atoms with E-state index in [0.717, 1.165) is 10.6 Å². The number of carbonyl (C=O) groups is 2. The minimum Gasteiger partial charge on any atom is -0.484 e. The van der Waals surface area contributed by atoms with E-state index in [4.69, 9.17) is 22.2 Å². The molecule has 0 atom stereocenters. The summed E-state index contributed by atoms with van der Waals surface area (Å²) in [7, 11) is 0. The predicted molar refractivity (Wildman–Crippen MR) is 91.7 cm³/mol. The number of ether oxygens (including phenoxy) is 1. The van der Waals surface area contributed by atoms with E-state index >= 15 is 0 Å². The lowest BCUT2D eigenvalue weighted by Crippen LogP contribution is -2.36.